The van der Waals surface area contributed by atoms with Gasteiger partial charge in [0.25, 0.3) is 0 Å². The number of rotatable bonds is 6. The quantitative estimate of drug-likeness (QED) is 0.617. The van der Waals surface area contributed by atoms with Crippen LogP contribution in [0, 0.1) is 0 Å². The SMILES string of the molecule is CCOc1ccc(CNCCCl)cc1Cl. The van der Waals surface area contributed by atoms with Gasteiger partial charge in [-0.05, 0) is 24.6 Å². The molecular formula is C11H15Cl2NO. The molecule has 15 heavy (non-hydrogen) atoms. The maximum Gasteiger partial charge on any atom is 0.137 e. The van der Waals surface area contributed by atoms with Gasteiger partial charge in [-0.25, -0.2) is 0 Å². The minimum absolute atomic E-state index is 0.616. The van der Waals surface area contributed by atoms with Crippen molar-refractivity contribution in [2.75, 3.05) is 19.0 Å². The van der Waals surface area contributed by atoms with Crippen LogP contribution in [0.3, 0.4) is 0 Å². The number of hydrogen-bond donors (Lipinski definition) is 1. The number of benzene rings is 1. The Kier molecular flexibility index (Phi) is 5.84. The van der Waals surface area contributed by atoms with Crippen molar-refractivity contribution in [3.05, 3.63) is 28.8 Å². The minimum atomic E-state index is 0.616. The molecule has 1 aromatic carbocycles. The van der Waals surface area contributed by atoms with Gasteiger partial charge in [0.1, 0.15) is 5.75 Å². The fraction of sp³-hybridized carbons (Fsp3) is 0.455. The van der Waals surface area contributed by atoms with E-state index in [1.54, 1.807) is 0 Å². The van der Waals surface area contributed by atoms with Gasteiger partial charge in [0, 0.05) is 19.0 Å². The highest BCUT2D eigenvalue weighted by molar-refractivity contribution is 6.32. The standard InChI is InChI=1S/C11H15Cl2NO/c1-2-15-11-4-3-9(7-10(11)13)8-14-6-5-12/h3-4,7,14H,2,5-6,8H2,1H3. The fourth-order valence-corrected chi connectivity index (χ4v) is 1.62. The lowest BCUT2D eigenvalue weighted by Gasteiger charge is -2.08. The Morgan fingerprint density at radius 2 is 2.20 bits per heavy atom. The third-order valence-electron chi connectivity index (χ3n) is 1.90. The van der Waals surface area contributed by atoms with Crippen LogP contribution in [0.15, 0.2) is 18.2 Å². The highest BCUT2D eigenvalue weighted by Crippen LogP contribution is 2.25. The molecule has 1 aromatic rings. The van der Waals surface area contributed by atoms with Gasteiger partial charge < -0.3 is 10.1 Å². The summed E-state index contributed by atoms with van der Waals surface area (Å²) in [6.45, 7) is 4.14. The van der Waals surface area contributed by atoms with Crippen LogP contribution >= 0.6 is 23.2 Å². The van der Waals surface area contributed by atoms with Gasteiger partial charge in [-0.2, -0.15) is 0 Å². The first-order chi connectivity index (χ1) is 7.27. The molecule has 0 saturated carbocycles. The molecule has 2 nitrogen and oxygen atoms in total. The molecule has 0 fully saturated rings. The molecule has 0 atom stereocenters. The van der Waals surface area contributed by atoms with Gasteiger partial charge in [-0.1, -0.05) is 17.7 Å². The predicted octanol–water partition coefficient (Wildman–Crippen LogP) is 3.07. The third-order valence-corrected chi connectivity index (χ3v) is 2.38. The van der Waals surface area contributed by atoms with Crippen LogP contribution in [-0.4, -0.2) is 19.0 Å². The summed E-state index contributed by atoms with van der Waals surface area (Å²) in [5.41, 5.74) is 1.13. The highest BCUT2D eigenvalue weighted by Gasteiger charge is 2.01. The van der Waals surface area contributed by atoms with Crippen molar-refractivity contribution in [3.8, 4) is 5.75 Å². The van der Waals surface area contributed by atoms with E-state index in [2.05, 4.69) is 5.32 Å². The van der Waals surface area contributed by atoms with E-state index < -0.39 is 0 Å². The number of halogens is 2. The van der Waals surface area contributed by atoms with Gasteiger partial charge in [-0.15, -0.1) is 11.6 Å². The molecule has 1 rings (SSSR count). The van der Waals surface area contributed by atoms with Crippen LogP contribution in [0.2, 0.25) is 5.02 Å². The first-order valence-corrected chi connectivity index (χ1v) is 5.87. The van der Waals surface area contributed by atoms with Crippen LogP contribution in [0.25, 0.3) is 0 Å². The molecule has 0 spiro atoms. The maximum absolute atomic E-state index is 6.04. The van der Waals surface area contributed by atoms with Crippen molar-refractivity contribution < 1.29 is 4.74 Å². The first kappa shape index (κ1) is 12.6. The molecule has 84 valence electrons. The van der Waals surface area contributed by atoms with E-state index in [0.29, 0.717) is 17.5 Å². The molecule has 0 saturated heterocycles. The summed E-state index contributed by atoms with van der Waals surface area (Å²) < 4.78 is 5.34. The highest BCUT2D eigenvalue weighted by atomic mass is 35.5. The fourth-order valence-electron chi connectivity index (χ4n) is 1.23. The predicted molar refractivity (Wildman–Crippen MR) is 65.0 cm³/mol. The van der Waals surface area contributed by atoms with E-state index >= 15 is 0 Å². The van der Waals surface area contributed by atoms with Crippen molar-refractivity contribution in [2.24, 2.45) is 0 Å². The van der Waals surface area contributed by atoms with Crippen LogP contribution < -0.4 is 10.1 Å². The lowest BCUT2D eigenvalue weighted by atomic mass is 10.2. The van der Waals surface area contributed by atoms with Crippen LogP contribution in [-0.2, 0) is 6.54 Å². The van der Waals surface area contributed by atoms with Gasteiger partial charge in [0.2, 0.25) is 0 Å². The normalized spacial score (nSPS) is 10.3. The molecular weight excluding hydrogens is 233 g/mol. The average molecular weight is 248 g/mol. The Morgan fingerprint density at radius 3 is 2.80 bits per heavy atom. The van der Waals surface area contributed by atoms with E-state index in [0.717, 1.165) is 24.4 Å². The Morgan fingerprint density at radius 1 is 1.40 bits per heavy atom. The lowest BCUT2D eigenvalue weighted by molar-refractivity contribution is 0.340. The summed E-state index contributed by atoms with van der Waals surface area (Å²) in [6.07, 6.45) is 0. The number of ether oxygens (including phenoxy) is 1. The molecule has 0 heterocycles. The first-order valence-electron chi connectivity index (χ1n) is 4.95. The molecule has 0 aliphatic heterocycles. The zero-order valence-corrected chi connectivity index (χ0v) is 10.2. The van der Waals surface area contributed by atoms with E-state index in [-0.39, 0.29) is 0 Å². The summed E-state index contributed by atoms with van der Waals surface area (Å²) in [7, 11) is 0. The summed E-state index contributed by atoms with van der Waals surface area (Å²) in [4.78, 5) is 0. The van der Waals surface area contributed by atoms with Crippen LogP contribution in [0.5, 0.6) is 5.75 Å². The molecule has 4 heteroatoms. The molecule has 1 N–H and O–H groups in total. The molecule has 0 aliphatic carbocycles. The second kappa shape index (κ2) is 6.94. The van der Waals surface area contributed by atoms with E-state index in [1.165, 1.54) is 0 Å². The van der Waals surface area contributed by atoms with Crippen LogP contribution in [0.1, 0.15) is 12.5 Å². The van der Waals surface area contributed by atoms with Gasteiger partial charge in [0.05, 0.1) is 11.6 Å². The Balaban J connectivity index is 2.56. The topological polar surface area (TPSA) is 21.3 Å². The van der Waals surface area contributed by atoms with Gasteiger partial charge >= 0.3 is 0 Å². The summed E-state index contributed by atoms with van der Waals surface area (Å²) >= 11 is 11.6. The number of hydrogen-bond acceptors (Lipinski definition) is 2. The number of nitrogens with one attached hydrogen (secondary N) is 1. The van der Waals surface area contributed by atoms with Crippen molar-refractivity contribution in [1.29, 1.82) is 0 Å². The van der Waals surface area contributed by atoms with Crippen molar-refractivity contribution in [2.45, 2.75) is 13.5 Å². The molecule has 0 unspecified atom stereocenters. The summed E-state index contributed by atoms with van der Waals surface area (Å²) in [5.74, 6) is 1.35. The van der Waals surface area contributed by atoms with Crippen molar-refractivity contribution >= 4 is 23.2 Å². The Labute approximate surface area is 101 Å². The number of alkyl halides is 1. The Bertz CT molecular complexity index is 305. The van der Waals surface area contributed by atoms with Gasteiger partial charge in [-0.3, -0.25) is 0 Å². The van der Waals surface area contributed by atoms with Crippen LogP contribution in [0.4, 0.5) is 0 Å². The Hall–Kier alpha value is -0.440. The smallest absolute Gasteiger partial charge is 0.137 e. The lowest BCUT2D eigenvalue weighted by Crippen LogP contribution is -2.15. The molecule has 0 bridgehead atoms. The molecule has 0 aliphatic rings. The van der Waals surface area contributed by atoms with E-state index in [1.807, 2.05) is 25.1 Å². The second-order valence-electron chi connectivity index (χ2n) is 3.06. The summed E-state index contributed by atoms with van der Waals surface area (Å²) in [6, 6.07) is 5.80. The zero-order valence-electron chi connectivity index (χ0n) is 8.72. The average Bonchev–Trinajstić information content (AvgIpc) is 2.23. The largest absolute Gasteiger partial charge is 0.492 e. The summed E-state index contributed by atoms with van der Waals surface area (Å²) in [5, 5.41) is 3.85. The second-order valence-corrected chi connectivity index (χ2v) is 3.85. The maximum atomic E-state index is 6.04. The van der Waals surface area contributed by atoms with E-state index in [9.17, 15) is 0 Å². The molecule has 0 radical (unpaired) electrons. The molecule has 0 aromatic heterocycles. The van der Waals surface area contributed by atoms with Crippen molar-refractivity contribution in [3.63, 3.8) is 0 Å². The van der Waals surface area contributed by atoms with Gasteiger partial charge in [0.15, 0.2) is 0 Å². The third kappa shape index (κ3) is 4.29. The minimum Gasteiger partial charge on any atom is -0.492 e. The van der Waals surface area contributed by atoms with Crippen molar-refractivity contribution in [1.82, 2.24) is 5.32 Å². The monoisotopic (exact) mass is 247 g/mol. The van der Waals surface area contributed by atoms with E-state index in [4.69, 9.17) is 27.9 Å². The zero-order chi connectivity index (χ0) is 11.1. The molecule has 0 amide bonds.